The lowest BCUT2D eigenvalue weighted by Crippen LogP contribution is -2.06. The van der Waals surface area contributed by atoms with E-state index in [0.717, 1.165) is 24.0 Å². The molecule has 0 aromatic heterocycles. The van der Waals surface area contributed by atoms with Gasteiger partial charge in [-0.05, 0) is 48.9 Å². The summed E-state index contributed by atoms with van der Waals surface area (Å²) in [4.78, 5) is 0. The maximum absolute atomic E-state index is 9.02. The second kappa shape index (κ2) is 3.43. The molecular weight excluding hydrogens is 172 g/mol. The first-order valence-corrected chi connectivity index (χ1v) is 5.03. The largest absolute Gasteiger partial charge is 0.324 e. The fourth-order valence-corrected chi connectivity index (χ4v) is 2.09. The Morgan fingerprint density at radius 3 is 2.86 bits per heavy atom. The van der Waals surface area contributed by atoms with Crippen LogP contribution in [-0.2, 0) is 12.8 Å². The molecule has 0 bridgehead atoms. The van der Waals surface area contributed by atoms with Crippen molar-refractivity contribution in [2.75, 3.05) is 0 Å². The van der Waals surface area contributed by atoms with Gasteiger partial charge in [0.2, 0.25) is 0 Å². The summed E-state index contributed by atoms with van der Waals surface area (Å²) >= 11 is 0. The van der Waals surface area contributed by atoms with E-state index < -0.39 is 0 Å². The summed E-state index contributed by atoms with van der Waals surface area (Å²) in [7, 11) is 0. The molecule has 2 N–H and O–H groups in total. The molecule has 2 nitrogen and oxygen atoms in total. The van der Waals surface area contributed by atoms with Crippen molar-refractivity contribution >= 4 is 0 Å². The molecule has 1 aromatic rings. The summed E-state index contributed by atoms with van der Waals surface area (Å²) in [6.07, 6.45) is 3.33. The summed E-state index contributed by atoms with van der Waals surface area (Å²) in [5.74, 6) is 0. The highest BCUT2D eigenvalue weighted by molar-refractivity contribution is 5.48. The van der Waals surface area contributed by atoms with Gasteiger partial charge in [-0.15, -0.1) is 0 Å². The molecule has 1 atom stereocenters. The normalized spacial score (nSPS) is 16.1. The molecule has 14 heavy (non-hydrogen) atoms. The molecule has 0 amide bonds. The van der Waals surface area contributed by atoms with Gasteiger partial charge >= 0.3 is 0 Å². The van der Waals surface area contributed by atoms with E-state index in [1.807, 2.05) is 13.0 Å². The lowest BCUT2D eigenvalue weighted by molar-refractivity contribution is 0.815. The van der Waals surface area contributed by atoms with Crippen molar-refractivity contribution in [1.29, 1.82) is 5.26 Å². The molecule has 0 spiro atoms. The molecule has 0 saturated heterocycles. The zero-order chi connectivity index (χ0) is 10.1. The van der Waals surface area contributed by atoms with Gasteiger partial charge < -0.3 is 5.73 Å². The van der Waals surface area contributed by atoms with E-state index in [1.54, 1.807) is 0 Å². The van der Waals surface area contributed by atoms with E-state index in [0.29, 0.717) is 0 Å². The minimum Gasteiger partial charge on any atom is -0.324 e. The van der Waals surface area contributed by atoms with Gasteiger partial charge in [-0.2, -0.15) is 5.26 Å². The monoisotopic (exact) mass is 186 g/mol. The zero-order valence-corrected chi connectivity index (χ0v) is 8.38. The van der Waals surface area contributed by atoms with E-state index in [4.69, 9.17) is 11.0 Å². The van der Waals surface area contributed by atoms with E-state index in [2.05, 4.69) is 12.1 Å². The van der Waals surface area contributed by atoms with Gasteiger partial charge in [-0.25, -0.2) is 0 Å². The number of rotatable bonds is 1. The molecule has 0 aliphatic heterocycles. The van der Waals surface area contributed by atoms with E-state index in [1.165, 1.54) is 17.5 Å². The van der Waals surface area contributed by atoms with E-state index in [-0.39, 0.29) is 6.04 Å². The van der Waals surface area contributed by atoms with Crippen LogP contribution in [0.25, 0.3) is 0 Å². The van der Waals surface area contributed by atoms with Gasteiger partial charge in [-0.1, -0.05) is 6.07 Å². The number of hydrogen-bond acceptors (Lipinski definition) is 2. The average molecular weight is 186 g/mol. The van der Waals surface area contributed by atoms with Crippen LogP contribution in [0, 0.1) is 11.3 Å². The van der Waals surface area contributed by atoms with Crippen LogP contribution >= 0.6 is 0 Å². The van der Waals surface area contributed by atoms with Crippen molar-refractivity contribution in [2.45, 2.75) is 32.2 Å². The number of nitrogens with zero attached hydrogens (tertiary/aromatic N) is 1. The summed E-state index contributed by atoms with van der Waals surface area (Å²) in [5.41, 5.74) is 10.3. The minimum absolute atomic E-state index is 0.0213. The first kappa shape index (κ1) is 9.23. The predicted molar refractivity (Wildman–Crippen MR) is 55.8 cm³/mol. The second-order valence-electron chi connectivity index (χ2n) is 3.96. The molecule has 0 heterocycles. The number of hydrogen-bond donors (Lipinski definition) is 1. The Morgan fingerprint density at radius 1 is 1.43 bits per heavy atom. The van der Waals surface area contributed by atoms with Crippen LogP contribution in [-0.4, -0.2) is 0 Å². The Balaban J connectivity index is 2.56. The Hall–Kier alpha value is -1.33. The van der Waals surface area contributed by atoms with E-state index >= 15 is 0 Å². The highest BCUT2D eigenvalue weighted by Gasteiger charge is 2.16. The first-order chi connectivity index (χ1) is 6.72. The van der Waals surface area contributed by atoms with Crippen molar-refractivity contribution in [3.63, 3.8) is 0 Å². The third kappa shape index (κ3) is 1.40. The zero-order valence-electron chi connectivity index (χ0n) is 8.38. The van der Waals surface area contributed by atoms with Gasteiger partial charge in [0.15, 0.2) is 0 Å². The SMILES string of the molecule is CC(N)c1cc(C#N)c2c(c1)CCC2. The number of benzene rings is 1. The highest BCUT2D eigenvalue weighted by Crippen LogP contribution is 2.28. The average Bonchev–Trinajstić information content (AvgIpc) is 2.63. The van der Waals surface area contributed by atoms with Gasteiger partial charge in [-0.3, -0.25) is 0 Å². The van der Waals surface area contributed by atoms with Crippen molar-refractivity contribution in [3.05, 3.63) is 34.4 Å². The van der Waals surface area contributed by atoms with Crippen molar-refractivity contribution in [2.24, 2.45) is 5.73 Å². The summed E-state index contributed by atoms with van der Waals surface area (Å²) in [6, 6.07) is 6.39. The minimum atomic E-state index is 0.0213. The van der Waals surface area contributed by atoms with Crippen LogP contribution in [0.15, 0.2) is 12.1 Å². The van der Waals surface area contributed by atoms with Gasteiger partial charge in [0, 0.05) is 6.04 Å². The Bertz CT molecular complexity index is 400. The van der Waals surface area contributed by atoms with Crippen LogP contribution in [0.2, 0.25) is 0 Å². The Kier molecular flexibility index (Phi) is 2.26. The number of nitrogens with two attached hydrogens (primary N) is 1. The van der Waals surface area contributed by atoms with Crippen LogP contribution < -0.4 is 5.73 Å². The summed E-state index contributed by atoms with van der Waals surface area (Å²) < 4.78 is 0. The maximum atomic E-state index is 9.02. The molecule has 1 aliphatic carbocycles. The Labute approximate surface area is 84.3 Å². The molecule has 1 unspecified atom stereocenters. The van der Waals surface area contributed by atoms with Crippen LogP contribution in [0.3, 0.4) is 0 Å². The molecule has 1 aliphatic rings. The lowest BCUT2D eigenvalue weighted by atomic mass is 9.97. The van der Waals surface area contributed by atoms with E-state index in [9.17, 15) is 0 Å². The second-order valence-corrected chi connectivity index (χ2v) is 3.96. The van der Waals surface area contributed by atoms with Crippen molar-refractivity contribution in [1.82, 2.24) is 0 Å². The first-order valence-electron chi connectivity index (χ1n) is 5.03. The number of aryl methyl sites for hydroxylation is 1. The van der Waals surface area contributed by atoms with Crippen LogP contribution in [0.1, 0.15) is 41.6 Å². The maximum Gasteiger partial charge on any atom is 0.0994 e. The van der Waals surface area contributed by atoms with Crippen molar-refractivity contribution in [3.8, 4) is 6.07 Å². The molecule has 0 fully saturated rings. The fourth-order valence-electron chi connectivity index (χ4n) is 2.09. The molecule has 0 saturated carbocycles. The quantitative estimate of drug-likeness (QED) is 0.729. The standard InChI is InChI=1S/C12H14N2/c1-8(14)10-5-9-3-2-4-12(9)11(6-10)7-13/h5-6,8H,2-4,14H2,1H3. The lowest BCUT2D eigenvalue weighted by Gasteiger charge is -2.09. The molecule has 2 heteroatoms. The molecule has 2 rings (SSSR count). The molecule has 1 aromatic carbocycles. The van der Waals surface area contributed by atoms with Crippen molar-refractivity contribution < 1.29 is 0 Å². The van der Waals surface area contributed by atoms with Crippen LogP contribution in [0.4, 0.5) is 0 Å². The number of nitriles is 1. The molecule has 72 valence electrons. The van der Waals surface area contributed by atoms with Crippen LogP contribution in [0.5, 0.6) is 0 Å². The number of fused-ring (bicyclic) bond motifs is 1. The predicted octanol–water partition coefficient (Wildman–Crippen LogP) is 2.07. The summed E-state index contributed by atoms with van der Waals surface area (Å²) in [5, 5.41) is 9.02. The van der Waals surface area contributed by atoms with Gasteiger partial charge in [0.05, 0.1) is 11.6 Å². The topological polar surface area (TPSA) is 49.8 Å². The fraction of sp³-hybridized carbons (Fsp3) is 0.417. The third-order valence-corrected chi connectivity index (χ3v) is 2.88. The molecule has 0 radical (unpaired) electrons. The Morgan fingerprint density at radius 2 is 2.21 bits per heavy atom. The third-order valence-electron chi connectivity index (χ3n) is 2.88. The van der Waals surface area contributed by atoms with Gasteiger partial charge in [0.1, 0.15) is 0 Å². The van der Waals surface area contributed by atoms with Gasteiger partial charge in [0.25, 0.3) is 0 Å². The highest BCUT2D eigenvalue weighted by atomic mass is 14.6. The molecular formula is C12H14N2. The summed E-state index contributed by atoms with van der Waals surface area (Å²) in [6.45, 7) is 1.96. The smallest absolute Gasteiger partial charge is 0.0994 e.